The molecule has 2 rings (SSSR count). The Morgan fingerprint density at radius 3 is 2.65 bits per heavy atom. The zero-order chi connectivity index (χ0) is 14.7. The number of benzene rings is 1. The number of hydrogen-bond donors (Lipinski definition) is 1. The molecule has 0 bridgehead atoms. The first-order valence-electron chi connectivity index (χ1n) is 7.04. The highest BCUT2D eigenvalue weighted by Gasteiger charge is 2.19. The van der Waals surface area contributed by atoms with Crippen molar-refractivity contribution < 1.29 is 13.6 Å². The number of fused-ring (bicyclic) bond motifs is 1. The molecular weight excluding hydrogens is 257 g/mol. The molecule has 0 aliphatic carbocycles. The third-order valence-corrected chi connectivity index (χ3v) is 3.83. The minimum Gasteiger partial charge on any atom is -0.448 e. The number of aryl methyl sites for hydroxylation is 1. The van der Waals surface area contributed by atoms with Gasteiger partial charge in [0.2, 0.25) is 0 Å². The van der Waals surface area contributed by atoms with E-state index in [1.165, 1.54) is 6.07 Å². The largest absolute Gasteiger partial charge is 0.448 e. The van der Waals surface area contributed by atoms with Crippen LogP contribution in [0, 0.1) is 18.7 Å². The predicted molar refractivity (Wildman–Crippen MR) is 77.3 cm³/mol. The molecule has 0 saturated heterocycles. The molecule has 0 atom stereocenters. The van der Waals surface area contributed by atoms with Gasteiger partial charge in [-0.05, 0) is 18.9 Å². The second-order valence-electron chi connectivity index (χ2n) is 5.07. The van der Waals surface area contributed by atoms with Gasteiger partial charge in [0.05, 0.1) is 0 Å². The number of halogens is 1. The highest BCUT2D eigenvalue weighted by Crippen LogP contribution is 2.27. The van der Waals surface area contributed by atoms with Crippen LogP contribution in [0.1, 0.15) is 42.8 Å². The number of rotatable bonds is 5. The van der Waals surface area contributed by atoms with E-state index in [1.54, 1.807) is 19.1 Å². The first-order chi connectivity index (χ1) is 9.58. The zero-order valence-electron chi connectivity index (χ0n) is 12.1. The maximum Gasteiger partial charge on any atom is 0.287 e. The minimum absolute atomic E-state index is 0.151. The summed E-state index contributed by atoms with van der Waals surface area (Å²) in [4.78, 5) is 12.2. The fraction of sp³-hybridized carbons (Fsp3) is 0.438. The number of nitrogens with one attached hydrogen (secondary N) is 1. The van der Waals surface area contributed by atoms with Crippen molar-refractivity contribution in [2.24, 2.45) is 5.92 Å². The van der Waals surface area contributed by atoms with Crippen LogP contribution < -0.4 is 5.32 Å². The Kier molecular flexibility index (Phi) is 4.42. The van der Waals surface area contributed by atoms with Crippen LogP contribution in [0.2, 0.25) is 0 Å². The normalized spacial score (nSPS) is 11.2. The van der Waals surface area contributed by atoms with E-state index >= 15 is 0 Å². The van der Waals surface area contributed by atoms with Crippen LogP contribution in [0.25, 0.3) is 11.0 Å². The van der Waals surface area contributed by atoms with Crippen LogP contribution in [0.4, 0.5) is 4.39 Å². The van der Waals surface area contributed by atoms with E-state index in [4.69, 9.17) is 4.42 Å². The molecule has 0 radical (unpaired) electrons. The van der Waals surface area contributed by atoms with E-state index in [9.17, 15) is 9.18 Å². The van der Waals surface area contributed by atoms with E-state index < -0.39 is 5.82 Å². The van der Waals surface area contributed by atoms with Crippen LogP contribution in [0.3, 0.4) is 0 Å². The summed E-state index contributed by atoms with van der Waals surface area (Å²) in [5, 5.41) is 3.52. The molecule has 4 heteroatoms. The van der Waals surface area contributed by atoms with Gasteiger partial charge in [-0.3, -0.25) is 4.79 Å². The summed E-state index contributed by atoms with van der Waals surface area (Å²) < 4.78 is 19.0. The molecule has 1 heterocycles. The van der Waals surface area contributed by atoms with Crippen molar-refractivity contribution in [2.75, 3.05) is 6.54 Å². The van der Waals surface area contributed by atoms with Crippen molar-refractivity contribution >= 4 is 16.9 Å². The number of amides is 1. The Morgan fingerprint density at radius 2 is 2.05 bits per heavy atom. The van der Waals surface area contributed by atoms with Crippen molar-refractivity contribution in [1.29, 1.82) is 0 Å². The quantitative estimate of drug-likeness (QED) is 0.896. The Balaban J connectivity index is 2.22. The van der Waals surface area contributed by atoms with Crippen molar-refractivity contribution in [3.8, 4) is 0 Å². The van der Waals surface area contributed by atoms with Gasteiger partial charge in [0.15, 0.2) is 17.2 Å². The van der Waals surface area contributed by atoms with Gasteiger partial charge in [-0.25, -0.2) is 4.39 Å². The summed E-state index contributed by atoms with van der Waals surface area (Å²) in [5.74, 6) is -0.0499. The fourth-order valence-corrected chi connectivity index (χ4v) is 2.32. The second kappa shape index (κ2) is 6.07. The second-order valence-corrected chi connectivity index (χ2v) is 5.07. The first kappa shape index (κ1) is 14.6. The van der Waals surface area contributed by atoms with Gasteiger partial charge < -0.3 is 9.73 Å². The summed E-state index contributed by atoms with van der Waals surface area (Å²) in [6.07, 6.45) is 2.04. The lowest BCUT2D eigenvalue weighted by Crippen LogP contribution is -2.29. The van der Waals surface area contributed by atoms with Crippen molar-refractivity contribution in [3.05, 3.63) is 35.3 Å². The maximum atomic E-state index is 13.6. The molecule has 0 aliphatic heterocycles. The highest BCUT2D eigenvalue weighted by atomic mass is 19.1. The molecule has 3 nitrogen and oxygen atoms in total. The summed E-state index contributed by atoms with van der Waals surface area (Å²) in [6, 6.07) is 4.71. The fourth-order valence-electron chi connectivity index (χ4n) is 2.32. The van der Waals surface area contributed by atoms with Gasteiger partial charge in [0, 0.05) is 17.5 Å². The number of carbonyl (C=O) groups is 1. The SMILES string of the molecule is CCC(CC)CNC(=O)c1oc2c(F)cccc2c1C. The maximum absolute atomic E-state index is 13.6. The third-order valence-electron chi connectivity index (χ3n) is 3.83. The zero-order valence-corrected chi connectivity index (χ0v) is 12.1. The van der Waals surface area contributed by atoms with Crippen molar-refractivity contribution in [1.82, 2.24) is 5.32 Å². The summed E-state index contributed by atoms with van der Waals surface area (Å²) >= 11 is 0. The third kappa shape index (κ3) is 2.69. The predicted octanol–water partition coefficient (Wildman–Crippen LogP) is 4.05. The van der Waals surface area contributed by atoms with E-state index in [-0.39, 0.29) is 17.3 Å². The van der Waals surface area contributed by atoms with Gasteiger partial charge in [-0.15, -0.1) is 0 Å². The topological polar surface area (TPSA) is 42.2 Å². The minimum atomic E-state index is -0.440. The smallest absolute Gasteiger partial charge is 0.287 e. The van der Waals surface area contributed by atoms with Gasteiger partial charge in [0.25, 0.3) is 5.91 Å². The van der Waals surface area contributed by atoms with Gasteiger partial charge in [0.1, 0.15) is 0 Å². The highest BCUT2D eigenvalue weighted by molar-refractivity contribution is 5.98. The molecule has 1 aromatic carbocycles. The van der Waals surface area contributed by atoms with Crippen LogP contribution in [0.15, 0.2) is 22.6 Å². The molecule has 0 aliphatic rings. The molecule has 20 heavy (non-hydrogen) atoms. The van der Waals surface area contributed by atoms with Crippen LogP contribution >= 0.6 is 0 Å². The van der Waals surface area contributed by atoms with Crippen molar-refractivity contribution in [2.45, 2.75) is 33.6 Å². The summed E-state index contributed by atoms with van der Waals surface area (Å²) in [7, 11) is 0. The van der Waals surface area contributed by atoms with Crippen molar-refractivity contribution in [3.63, 3.8) is 0 Å². The Morgan fingerprint density at radius 1 is 1.35 bits per heavy atom. The van der Waals surface area contributed by atoms with E-state index in [0.29, 0.717) is 23.4 Å². The number of furan rings is 1. The number of hydrogen-bond acceptors (Lipinski definition) is 2. The average Bonchev–Trinajstić information content (AvgIpc) is 2.79. The van der Waals surface area contributed by atoms with E-state index in [0.717, 1.165) is 12.8 Å². The Hall–Kier alpha value is -1.84. The van der Waals surface area contributed by atoms with Gasteiger partial charge in [-0.1, -0.05) is 38.8 Å². The van der Waals surface area contributed by atoms with Crippen LogP contribution in [0.5, 0.6) is 0 Å². The molecule has 1 N–H and O–H groups in total. The molecule has 1 amide bonds. The standard InChI is InChI=1S/C16H20FNO2/c1-4-11(5-2)9-18-16(19)14-10(3)12-7-6-8-13(17)15(12)20-14/h6-8,11H,4-5,9H2,1-3H3,(H,18,19). The Bertz CT molecular complexity index is 614. The summed E-state index contributed by atoms with van der Waals surface area (Å²) in [5.41, 5.74) is 0.833. The molecule has 1 aromatic heterocycles. The van der Waals surface area contributed by atoms with E-state index in [1.807, 2.05) is 0 Å². The molecule has 2 aromatic rings. The summed E-state index contributed by atoms with van der Waals surface area (Å²) in [6.45, 7) is 6.59. The Labute approximate surface area is 118 Å². The number of para-hydroxylation sites is 1. The van der Waals surface area contributed by atoms with Gasteiger partial charge in [-0.2, -0.15) is 0 Å². The molecule has 0 fully saturated rings. The molecule has 0 unspecified atom stereocenters. The van der Waals surface area contributed by atoms with Crippen LogP contribution in [-0.2, 0) is 0 Å². The van der Waals surface area contributed by atoms with E-state index in [2.05, 4.69) is 19.2 Å². The first-order valence-corrected chi connectivity index (χ1v) is 7.04. The molecular formula is C16H20FNO2. The average molecular weight is 277 g/mol. The molecule has 0 spiro atoms. The monoisotopic (exact) mass is 277 g/mol. The molecule has 0 saturated carbocycles. The van der Waals surface area contributed by atoms with Crippen LogP contribution in [-0.4, -0.2) is 12.5 Å². The lowest BCUT2D eigenvalue weighted by Gasteiger charge is -2.12. The lowest BCUT2D eigenvalue weighted by atomic mass is 10.0. The molecule has 108 valence electrons. The lowest BCUT2D eigenvalue weighted by molar-refractivity contribution is 0.0919. The van der Waals surface area contributed by atoms with Gasteiger partial charge >= 0.3 is 0 Å². The number of carbonyl (C=O) groups excluding carboxylic acids is 1.